The summed E-state index contributed by atoms with van der Waals surface area (Å²) in [6, 6.07) is 0.177. The third-order valence-electron chi connectivity index (χ3n) is 5.89. The number of hydrogen-bond donors (Lipinski definition) is 2. The van der Waals surface area contributed by atoms with Crippen LogP contribution in [0.1, 0.15) is 56.0 Å². The maximum atomic E-state index is 12.7. The van der Waals surface area contributed by atoms with E-state index in [1.807, 2.05) is 27.7 Å². The molecule has 0 aliphatic carbocycles. The Hall–Kier alpha value is -2.46. The molecule has 2 aromatic rings. The van der Waals surface area contributed by atoms with E-state index < -0.39 is 38.6 Å². The average molecular weight is 553 g/mol. The fraction of sp³-hybridized carbons (Fsp3) is 0.708. The molecule has 0 aromatic carbocycles. The zero-order valence-corrected chi connectivity index (χ0v) is 23.8. The summed E-state index contributed by atoms with van der Waals surface area (Å²) < 4.78 is 36.5. The molecule has 38 heavy (non-hydrogen) atoms. The molecule has 0 spiro atoms. The highest BCUT2D eigenvalue weighted by molar-refractivity contribution is 7.44. The number of nitrogens with one attached hydrogen (secondary N) is 2. The number of rotatable bonds is 12. The van der Waals surface area contributed by atoms with E-state index in [0.717, 1.165) is 0 Å². The summed E-state index contributed by atoms with van der Waals surface area (Å²) in [5, 5.41) is 2.61. The number of fused-ring (bicyclic) bond motifs is 1. The number of H-pyrrole nitrogens is 1. The minimum atomic E-state index is -1.62. The number of carbonyl (C=O) groups is 1. The molecular formula is C24H38N7O6P. The Labute approximate surface area is 225 Å². The lowest BCUT2D eigenvalue weighted by Crippen LogP contribution is -2.39. The second-order valence-corrected chi connectivity index (χ2v) is 11.1. The van der Waals surface area contributed by atoms with E-state index in [1.165, 1.54) is 13.4 Å². The van der Waals surface area contributed by atoms with Gasteiger partial charge in [0.1, 0.15) is 18.8 Å². The molecule has 3 rings (SSSR count). The van der Waals surface area contributed by atoms with E-state index in [2.05, 4.69) is 29.8 Å². The van der Waals surface area contributed by atoms with Crippen molar-refractivity contribution in [2.24, 2.45) is 5.92 Å². The number of hydrogen-bond acceptors (Lipinski definition) is 9. The van der Waals surface area contributed by atoms with Gasteiger partial charge in [0.05, 0.1) is 12.4 Å². The molecule has 3 heterocycles. The van der Waals surface area contributed by atoms with Crippen LogP contribution in [0.2, 0.25) is 0 Å². The Balaban J connectivity index is 1.98. The highest BCUT2D eigenvalue weighted by atomic mass is 31.2. The summed E-state index contributed by atoms with van der Waals surface area (Å²) in [5.74, 6) is -0.624. The highest BCUT2D eigenvalue weighted by Crippen LogP contribution is 2.50. The molecule has 1 saturated heterocycles. The first-order valence-corrected chi connectivity index (χ1v) is 13.6. The molecule has 0 saturated carbocycles. The van der Waals surface area contributed by atoms with Crippen LogP contribution < -0.4 is 10.9 Å². The molecule has 1 aliphatic rings. The number of aromatic amines is 1. The zero-order chi connectivity index (χ0) is 28.9. The third-order valence-corrected chi connectivity index (χ3v) is 8.02. The lowest BCUT2D eigenvalue weighted by molar-refractivity contribution is -0.118. The Morgan fingerprint density at radius 1 is 1.34 bits per heavy atom. The fourth-order valence-electron chi connectivity index (χ4n) is 4.14. The maximum Gasteiger partial charge on any atom is 0.280 e. The molecule has 2 aromatic heterocycles. The van der Waals surface area contributed by atoms with Crippen LogP contribution in [-0.4, -0.2) is 80.8 Å². The topological polar surface area (TPSA) is 137 Å². The van der Waals surface area contributed by atoms with Crippen molar-refractivity contribution in [3.63, 3.8) is 0 Å². The lowest BCUT2D eigenvalue weighted by Gasteiger charge is -2.37. The van der Waals surface area contributed by atoms with E-state index >= 15 is 0 Å². The van der Waals surface area contributed by atoms with E-state index in [0.29, 0.717) is 0 Å². The van der Waals surface area contributed by atoms with E-state index in [4.69, 9.17) is 26.5 Å². The van der Waals surface area contributed by atoms with Gasteiger partial charge in [0.2, 0.25) is 18.4 Å². The number of amides is 1. The van der Waals surface area contributed by atoms with Crippen LogP contribution in [0.15, 0.2) is 11.1 Å². The second kappa shape index (κ2) is 13.1. The predicted molar refractivity (Wildman–Crippen MR) is 143 cm³/mol. The van der Waals surface area contributed by atoms with Crippen molar-refractivity contribution in [3.8, 4) is 0 Å². The smallest absolute Gasteiger partial charge is 0.280 e. The van der Waals surface area contributed by atoms with Crippen molar-refractivity contribution in [2.45, 2.75) is 85.1 Å². The van der Waals surface area contributed by atoms with Gasteiger partial charge in [0.25, 0.3) is 14.1 Å². The Bertz CT molecular complexity index is 1210. The largest absolute Gasteiger partial charge is 0.374 e. The molecule has 1 amide bonds. The molecule has 14 heteroatoms. The predicted octanol–water partition coefficient (Wildman–Crippen LogP) is 3.31. The van der Waals surface area contributed by atoms with Crippen molar-refractivity contribution in [1.29, 1.82) is 0 Å². The first kappa shape index (κ1) is 28.5. The second-order valence-electron chi connectivity index (χ2n) is 9.74. The molecule has 1 unspecified atom stereocenters. The van der Waals surface area contributed by atoms with Crippen LogP contribution in [0, 0.1) is 12.5 Å². The Kier molecular flexibility index (Phi) is 9.81. The number of methoxy groups -OCH3 is 1. The van der Waals surface area contributed by atoms with Crippen LogP contribution in [0.25, 0.3) is 16.0 Å². The van der Waals surface area contributed by atoms with Crippen LogP contribution in [0.4, 0.5) is 5.95 Å². The fourth-order valence-corrected chi connectivity index (χ4v) is 5.90. The zero-order valence-electron chi connectivity index (χ0n) is 23.9. The minimum absolute atomic E-state index is 0.00834. The van der Waals surface area contributed by atoms with Gasteiger partial charge >= 0.3 is 0 Å². The summed E-state index contributed by atoms with van der Waals surface area (Å²) in [4.78, 5) is 39.5. The summed E-state index contributed by atoms with van der Waals surface area (Å²) in [5.41, 5.74) is -0.259. The van der Waals surface area contributed by atoms with E-state index in [1.54, 1.807) is 18.4 Å². The van der Waals surface area contributed by atoms with Crippen molar-refractivity contribution < 1.29 is 24.7 Å². The van der Waals surface area contributed by atoms with Crippen LogP contribution >= 0.6 is 8.53 Å². The number of carbonyl (C=O) groups excluding carboxylic acids is 1. The van der Waals surface area contributed by atoms with Crippen molar-refractivity contribution >= 4 is 31.5 Å². The molecule has 0 bridgehead atoms. The summed E-state index contributed by atoms with van der Waals surface area (Å²) in [7, 11) is -0.108. The van der Waals surface area contributed by atoms with Gasteiger partial charge in [0, 0.05) is 26.5 Å². The first-order valence-electron chi connectivity index (χ1n) is 13.2. The Morgan fingerprint density at radius 3 is 2.63 bits per heavy atom. The highest BCUT2D eigenvalue weighted by Gasteiger charge is 2.48. The molecule has 13 nitrogen and oxygen atoms in total. The van der Waals surface area contributed by atoms with Crippen LogP contribution in [0.5, 0.6) is 0 Å². The monoisotopic (exact) mass is 552 g/mol. The van der Waals surface area contributed by atoms with Gasteiger partial charge in [-0.1, -0.05) is 13.8 Å². The molecule has 5 atom stereocenters. The SMILES string of the molecule is [2H]C[C@H]1O[C@@H](n2cnc3c(=O)[nH]c(NC(=O)C(C)C)nc32)[C@H](OC)[C@@H]1OP(OCC[N+]#[C-])N(C(C)C)C(C)C. The number of ether oxygens (including phenoxy) is 2. The third kappa shape index (κ3) is 6.57. The lowest BCUT2D eigenvalue weighted by atomic mass is 10.1. The van der Waals surface area contributed by atoms with Crippen LogP contribution in [0.3, 0.4) is 0 Å². The molecular weight excluding hydrogens is 513 g/mol. The molecule has 0 radical (unpaired) electrons. The molecule has 1 aliphatic heterocycles. The van der Waals surface area contributed by atoms with Crippen molar-refractivity contribution in [3.05, 3.63) is 28.1 Å². The van der Waals surface area contributed by atoms with Gasteiger partial charge in [-0.25, -0.2) is 16.2 Å². The van der Waals surface area contributed by atoms with Crippen molar-refractivity contribution in [1.82, 2.24) is 24.2 Å². The number of imidazole rings is 1. The first-order chi connectivity index (χ1) is 18.5. The van der Waals surface area contributed by atoms with Gasteiger partial charge in [-0.2, -0.15) is 4.98 Å². The summed E-state index contributed by atoms with van der Waals surface area (Å²) in [6.07, 6.45) is -1.49. The Morgan fingerprint density at radius 2 is 2.05 bits per heavy atom. The molecule has 1 fully saturated rings. The maximum absolute atomic E-state index is 12.7. The van der Waals surface area contributed by atoms with Gasteiger partial charge in [-0.3, -0.25) is 24.5 Å². The van der Waals surface area contributed by atoms with E-state index in [-0.39, 0.29) is 61.1 Å². The normalized spacial score (nSPS) is 22.9. The van der Waals surface area contributed by atoms with Gasteiger partial charge < -0.3 is 23.4 Å². The summed E-state index contributed by atoms with van der Waals surface area (Å²) >= 11 is 0. The number of nitrogens with zero attached hydrogens (tertiary/aromatic N) is 5. The number of aromatic nitrogens is 4. The van der Waals surface area contributed by atoms with Gasteiger partial charge in [0.15, 0.2) is 17.4 Å². The van der Waals surface area contributed by atoms with Crippen LogP contribution in [-0.2, 0) is 23.3 Å². The van der Waals surface area contributed by atoms with Gasteiger partial charge in [-0.15, -0.1) is 0 Å². The number of anilines is 1. The van der Waals surface area contributed by atoms with Crippen molar-refractivity contribution in [2.75, 3.05) is 25.6 Å². The minimum Gasteiger partial charge on any atom is -0.374 e. The average Bonchev–Trinajstić information content (AvgIpc) is 3.44. The quantitative estimate of drug-likeness (QED) is 0.231. The standard InChI is InChI=1S/C24H38N7O6P/c1-13(2)21(32)28-24-27-20-17(22(33)29-24)26-12-30(20)23-19(34-9)18(16(7)36-23)37-38(35-11-10-25-8)31(14(3)4)15(5)6/h12-16,18-19,23H,10-11H2,1-7,9H3,(H2,27,28,29,32,33)/t16-,18-,19-,23-,38?/m1/s1/i7D. The molecule has 210 valence electrons. The van der Waals surface area contributed by atoms with E-state index in [9.17, 15) is 9.59 Å². The molecule has 2 N–H and O–H groups in total. The summed E-state index contributed by atoms with van der Waals surface area (Å²) in [6.45, 7) is 19.0. The van der Waals surface area contributed by atoms with Gasteiger partial charge in [-0.05, 0) is 34.6 Å².